The first-order valence-electron chi connectivity index (χ1n) is 11.4. The number of hydrogen-bond acceptors (Lipinski definition) is 4. The normalized spacial score (nSPS) is 17.6. The molecular weight excluding hydrogens is 547 g/mol. The van der Waals surface area contributed by atoms with Gasteiger partial charge in [-0.2, -0.15) is 13.2 Å². The van der Waals surface area contributed by atoms with Crippen molar-refractivity contribution in [1.29, 1.82) is 0 Å². The molecule has 3 heterocycles. The van der Waals surface area contributed by atoms with Gasteiger partial charge < -0.3 is 19.4 Å². The summed E-state index contributed by atoms with van der Waals surface area (Å²) in [6, 6.07) is 8.90. The molecule has 1 aliphatic heterocycles. The van der Waals surface area contributed by atoms with Gasteiger partial charge in [-0.15, -0.1) is 0 Å². The minimum absolute atomic E-state index is 0.0273. The number of anilines is 1. The van der Waals surface area contributed by atoms with Crippen molar-refractivity contribution in [3.63, 3.8) is 0 Å². The van der Waals surface area contributed by atoms with Gasteiger partial charge in [-0.3, -0.25) is 9.59 Å². The molecule has 0 radical (unpaired) electrons. The summed E-state index contributed by atoms with van der Waals surface area (Å²) in [6.07, 6.45) is -2.66. The molecule has 39 heavy (non-hydrogen) atoms. The predicted octanol–water partition coefficient (Wildman–Crippen LogP) is 5.22. The van der Waals surface area contributed by atoms with Crippen molar-refractivity contribution in [1.82, 2.24) is 14.7 Å². The second-order valence-corrected chi connectivity index (χ2v) is 9.20. The Morgan fingerprint density at radius 2 is 1.79 bits per heavy atom. The third kappa shape index (κ3) is 4.87. The van der Waals surface area contributed by atoms with Gasteiger partial charge in [0.05, 0.1) is 12.8 Å². The maximum Gasteiger partial charge on any atom is 0.434 e. The molecule has 0 spiro atoms. The minimum Gasteiger partial charge on any atom is -0.497 e. The first-order chi connectivity index (χ1) is 18.5. The number of alkyl halides is 3. The number of halogens is 6. The van der Waals surface area contributed by atoms with E-state index in [4.69, 9.17) is 16.3 Å². The molecular formula is C26H18ClF5N4O3. The number of aromatic nitrogens is 2. The van der Waals surface area contributed by atoms with E-state index in [9.17, 15) is 22.8 Å². The summed E-state index contributed by atoms with van der Waals surface area (Å²) in [5, 5.41) is 2.89. The largest absolute Gasteiger partial charge is 0.497 e. The molecule has 0 unspecified atom stereocenters. The molecule has 7 nitrogen and oxygen atoms in total. The smallest absolute Gasteiger partial charge is 0.434 e. The zero-order valence-corrected chi connectivity index (χ0v) is 20.7. The van der Waals surface area contributed by atoms with Crippen molar-refractivity contribution in [3.8, 4) is 5.75 Å². The summed E-state index contributed by atoms with van der Waals surface area (Å²) < 4.78 is 76.3. The average Bonchev–Trinajstić information content (AvgIpc) is 3.46. The summed E-state index contributed by atoms with van der Waals surface area (Å²) in [5.74, 6) is -4.90. The Bertz CT molecular complexity index is 1570. The molecule has 1 fully saturated rings. The van der Waals surface area contributed by atoms with Crippen LogP contribution in [0.25, 0.3) is 5.65 Å². The second-order valence-electron chi connectivity index (χ2n) is 8.77. The Kier molecular flexibility index (Phi) is 6.67. The van der Waals surface area contributed by atoms with Crippen LogP contribution in [0.2, 0.25) is 5.02 Å². The average molecular weight is 565 g/mol. The van der Waals surface area contributed by atoms with Gasteiger partial charge in [0.15, 0.2) is 11.3 Å². The third-order valence-corrected chi connectivity index (χ3v) is 6.66. The highest BCUT2D eigenvalue weighted by atomic mass is 35.5. The van der Waals surface area contributed by atoms with Gasteiger partial charge in [0, 0.05) is 53.1 Å². The summed E-state index contributed by atoms with van der Waals surface area (Å²) in [4.78, 5) is 31.4. The topological polar surface area (TPSA) is 75.9 Å². The Balaban J connectivity index is 1.59. The minimum atomic E-state index is -4.74. The molecule has 2 aromatic carbocycles. The Labute approximate surface area is 222 Å². The molecule has 1 N–H and O–H groups in total. The second kappa shape index (κ2) is 9.84. The fourth-order valence-electron chi connectivity index (χ4n) is 4.57. The van der Waals surface area contributed by atoms with Gasteiger partial charge in [-0.25, -0.2) is 13.8 Å². The summed E-state index contributed by atoms with van der Waals surface area (Å²) in [6.45, 7) is -0.363. The maximum absolute atomic E-state index is 15.2. The van der Waals surface area contributed by atoms with Crippen molar-refractivity contribution in [2.24, 2.45) is 0 Å². The lowest BCUT2D eigenvalue weighted by Crippen LogP contribution is -2.44. The van der Waals surface area contributed by atoms with Gasteiger partial charge in [-0.05, 0) is 36.4 Å². The van der Waals surface area contributed by atoms with E-state index in [-0.39, 0.29) is 29.2 Å². The van der Waals surface area contributed by atoms with E-state index in [1.165, 1.54) is 49.7 Å². The van der Waals surface area contributed by atoms with Crippen LogP contribution in [0.5, 0.6) is 5.75 Å². The van der Waals surface area contributed by atoms with Gasteiger partial charge in [-0.1, -0.05) is 11.6 Å². The lowest BCUT2D eigenvalue weighted by Gasteiger charge is -2.20. The Morgan fingerprint density at radius 1 is 1.13 bits per heavy atom. The van der Waals surface area contributed by atoms with E-state index in [1.807, 2.05) is 0 Å². The van der Waals surface area contributed by atoms with E-state index in [2.05, 4.69) is 10.3 Å². The van der Waals surface area contributed by atoms with Gasteiger partial charge in [0.2, 0.25) is 5.91 Å². The highest BCUT2D eigenvalue weighted by Crippen LogP contribution is 2.38. The fraction of sp³-hybridized carbons (Fsp3) is 0.192. The number of imidazole rings is 1. The van der Waals surface area contributed by atoms with E-state index >= 15 is 8.78 Å². The third-order valence-electron chi connectivity index (χ3n) is 6.41. The number of hydrogen-bond donors (Lipinski definition) is 1. The molecule has 2 atom stereocenters. The lowest BCUT2D eigenvalue weighted by molar-refractivity contribution is -0.140. The van der Waals surface area contributed by atoms with Crippen molar-refractivity contribution in [2.75, 3.05) is 18.6 Å². The SMILES string of the molecule is COc1cc(F)c([C@@H]2CN(c3cccn4cc(C(F)(F)F)nc34)C(=O)[C@H]2NC(=O)c2ccc(Cl)cc2)c(F)c1. The van der Waals surface area contributed by atoms with E-state index < -0.39 is 52.8 Å². The Morgan fingerprint density at radius 3 is 2.41 bits per heavy atom. The zero-order valence-electron chi connectivity index (χ0n) is 20.0. The number of carbonyl (C=O) groups is 2. The van der Waals surface area contributed by atoms with Crippen LogP contribution >= 0.6 is 11.6 Å². The molecule has 2 aromatic heterocycles. The predicted molar refractivity (Wildman–Crippen MR) is 131 cm³/mol. The zero-order chi connectivity index (χ0) is 28.1. The van der Waals surface area contributed by atoms with Crippen molar-refractivity contribution in [2.45, 2.75) is 18.1 Å². The molecule has 1 saturated heterocycles. The summed E-state index contributed by atoms with van der Waals surface area (Å²) >= 11 is 5.87. The van der Waals surface area contributed by atoms with Crippen LogP contribution in [0.15, 0.2) is 60.9 Å². The van der Waals surface area contributed by atoms with Crippen molar-refractivity contribution >= 4 is 34.7 Å². The molecule has 0 bridgehead atoms. The van der Waals surface area contributed by atoms with Crippen LogP contribution in [-0.4, -0.2) is 40.9 Å². The van der Waals surface area contributed by atoms with E-state index in [0.717, 1.165) is 27.6 Å². The van der Waals surface area contributed by atoms with Crippen LogP contribution < -0.4 is 15.0 Å². The van der Waals surface area contributed by atoms with Crippen LogP contribution in [0, 0.1) is 11.6 Å². The maximum atomic E-state index is 15.2. The van der Waals surface area contributed by atoms with Crippen molar-refractivity contribution in [3.05, 3.63) is 94.4 Å². The fourth-order valence-corrected chi connectivity index (χ4v) is 4.70. The van der Waals surface area contributed by atoms with Gasteiger partial charge >= 0.3 is 6.18 Å². The Hall–Kier alpha value is -4.19. The molecule has 1 aliphatic rings. The van der Waals surface area contributed by atoms with Crippen molar-refractivity contribution < 1.29 is 36.3 Å². The standard InChI is InChI=1S/C26H18ClF5N4O3/c1-39-15-9-17(28)21(18(29)10-15)16-11-36(19-3-2-8-35-12-20(26(30,31)32)33-23(19)35)25(38)22(16)34-24(37)13-4-6-14(27)7-5-13/h2-10,12,16,22H,11H2,1H3,(H,34,37)/t16-,22-/m0/s1. The first kappa shape index (κ1) is 26.4. The summed E-state index contributed by atoms with van der Waals surface area (Å²) in [5.41, 5.74) is -1.76. The van der Waals surface area contributed by atoms with Gasteiger partial charge in [0.1, 0.15) is 23.4 Å². The molecule has 0 saturated carbocycles. The van der Waals surface area contributed by atoms with E-state index in [0.29, 0.717) is 5.02 Å². The van der Waals surface area contributed by atoms with Crippen LogP contribution in [0.3, 0.4) is 0 Å². The molecule has 0 aliphatic carbocycles. The number of nitrogens with zero attached hydrogens (tertiary/aromatic N) is 3. The first-order valence-corrected chi connectivity index (χ1v) is 11.8. The highest BCUT2D eigenvalue weighted by Gasteiger charge is 2.46. The number of methoxy groups -OCH3 is 1. The molecule has 13 heteroatoms. The van der Waals surface area contributed by atoms with Gasteiger partial charge in [0.25, 0.3) is 5.91 Å². The summed E-state index contributed by atoms with van der Waals surface area (Å²) in [7, 11) is 1.23. The number of fused-ring (bicyclic) bond motifs is 1. The highest BCUT2D eigenvalue weighted by molar-refractivity contribution is 6.30. The van der Waals surface area contributed by atoms with E-state index in [1.54, 1.807) is 0 Å². The van der Waals surface area contributed by atoms with Crippen LogP contribution in [-0.2, 0) is 11.0 Å². The quantitative estimate of drug-likeness (QED) is 0.337. The molecule has 202 valence electrons. The number of pyridine rings is 1. The molecule has 4 aromatic rings. The number of carbonyl (C=O) groups excluding carboxylic acids is 2. The number of nitrogens with one attached hydrogen (secondary N) is 1. The molecule has 2 amide bonds. The monoisotopic (exact) mass is 564 g/mol. The number of rotatable bonds is 5. The number of amides is 2. The lowest BCUT2D eigenvalue weighted by atomic mass is 9.92. The van der Waals surface area contributed by atoms with Crippen LogP contribution in [0.1, 0.15) is 27.5 Å². The number of ether oxygens (including phenoxy) is 1. The number of benzene rings is 2. The van der Waals surface area contributed by atoms with Crippen LogP contribution in [0.4, 0.5) is 27.6 Å². The molecule has 5 rings (SSSR count).